The molecule has 7 aromatic rings. The van der Waals surface area contributed by atoms with E-state index in [1.807, 2.05) is 65.6 Å². The lowest BCUT2D eigenvalue weighted by Crippen LogP contribution is -2.64. The van der Waals surface area contributed by atoms with E-state index in [1.165, 1.54) is 0 Å². The SMILES string of the molecule is [2H]c1c([2H])c([2H])c(N2c3cccc4c3B(c3oc5ccccc5c3C4(C)C)c3c2c2ccccc2n3-c2ccccc2)c([2H])c1[2H]. The zero-order valence-electron chi connectivity index (χ0n) is 27.6. The maximum atomic E-state index is 9.12. The van der Waals surface area contributed by atoms with Gasteiger partial charge in [-0.05, 0) is 53.4 Å². The average molecular weight is 531 g/mol. The molecule has 0 N–H and O–H groups in total. The number of aromatic nitrogens is 1. The summed E-state index contributed by atoms with van der Waals surface area (Å²) in [7, 11) is 0. The highest BCUT2D eigenvalue weighted by molar-refractivity contribution is 6.98. The quantitative estimate of drug-likeness (QED) is 0.218. The van der Waals surface area contributed by atoms with Crippen molar-refractivity contribution >= 4 is 62.4 Å². The van der Waals surface area contributed by atoms with Crippen molar-refractivity contribution in [3.8, 4) is 5.69 Å². The predicted molar refractivity (Wildman–Crippen MR) is 171 cm³/mol. The first-order valence-corrected chi connectivity index (χ1v) is 13.9. The zero-order valence-corrected chi connectivity index (χ0v) is 22.6. The molecule has 2 aliphatic heterocycles. The topological polar surface area (TPSA) is 21.3 Å². The molecule has 0 spiro atoms. The third kappa shape index (κ3) is 2.89. The van der Waals surface area contributed by atoms with Gasteiger partial charge in [0.2, 0.25) is 0 Å². The Balaban J connectivity index is 1.52. The summed E-state index contributed by atoms with van der Waals surface area (Å²) in [4.78, 5) is 1.91. The highest BCUT2D eigenvalue weighted by Crippen LogP contribution is 2.47. The van der Waals surface area contributed by atoms with Crippen molar-refractivity contribution in [2.24, 2.45) is 0 Å². The normalized spacial score (nSPS) is 16.4. The first kappa shape index (κ1) is 18.4. The largest absolute Gasteiger partial charge is 0.470 e. The van der Waals surface area contributed by atoms with Gasteiger partial charge in [0.05, 0.1) is 23.7 Å². The van der Waals surface area contributed by atoms with Crippen LogP contribution in [0.25, 0.3) is 27.6 Å². The van der Waals surface area contributed by atoms with Crippen LogP contribution >= 0.6 is 0 Å². The summed E-state index contributed by atoms with van der Waals surface area (Å²) in [5.74, 6) is 0. The van der Waals surface area contributed by atoms with Gasteiger partial charge in [-0.2, -0.15) is 0 Å². The van der Waals surface area contributed by atoms with Gasteiger partial charge < -0.3 is 13.9 Å². The van der Waals surface area contributed by atoms with E-state index in [-0.39, 0.29) is 36.6 Å². The maximum Gasteiger partial charge on any atom is 0.313 e. The molecule has 2 aromatic heterocycles. The molecule has 9 rings (SSSR count). The summed E-state index contributed by atoms with van der Waals surface area (Å²) < 4.78 is 53.0. The molecule has 0 bridgehead atoms. The van der Waals surface area contributed by atoms with Gasteiger partial charge in [-0.1, -0.05) is 98.7 Å². The van der Waals surface area contributed by atoms with Crippen LogP contribution in [0.5, 0.6) is 0 Å². The van der Waals surface area contributed by atoms with Crippen LogP contribution in [0.1, 0.15) is 31.8 Å². The van der Waals surface area contributed by atoms with Gasteiger partial charge in [0.1, 0.15) is 5.58 Å². The summed E-state index contributed by atoms with van der Waals surface area (Å²) in [5.41, 5.74) is 9.04. The van der Waals surface area contributed by atoms with E-state index in [0.717, 1.165) is 66.8 Å². The molecule has 4 heterocycles. The molecule has 0 fully saturated rings. The van der Waals surface area contributed by atoms with E-state index in [4.69, 9.17) is 11.3 Å². The van der Waals surface area contributed by atoms with Crippen LogP contribution < -0.4 is 21.6 Å². The standard InChI is InChI=1S/C37H27BN2O/c1-37(2)28-20-13-22-30-33(28)38(36-32(37)27-19-10-12-23-31(27)41-36)35-34(39(30)24-14-5-3-6-15-24)26-18-9-11-21-29(26)40(35)25-16-7-4-8-17-25/h3-23H,1-2H3/i3D,5D,6D,14D,15D. The molecule has 0 unspecified atom stereocenters. The molecule has 0 saturated carbocycles. The molecule has 2 aliphatic rings. The Bertz CT molecular complexity index is 2400. The number of para-hydroxylation sites is 4. The fourth-order valence-corrected chi connectivity index (χ4v) is 7.34. The molecule has 0 atom stereocenters. The van der Waals surface area contributed by atoms with Gasteiger partial charge in [-0.15, -0.1) is 0 Å². The predicted octanol–water partition coefficient (Wildman–Crippen LogP) is 7.32. The number of rotatable bonds is 2. The smallest absolute Gasteiger partial charge is 0.313 e. The number of nitrogens with zero attached hydrogens (tertiary/aromatic N) is 2. The number of furan rings is 1. The fourth-order valence-electron chi connectivity index (χ4n) is 7.34. The minimum Gasteiger partial charge on any atom is -0.470 e. The fraction of sp³-hybridized carbons (Fsp3) is 0.0811. The minimum atomic E-state index is -0.448. The third-order valence-electron chi connectivity index (χ3n) is 8.90. The molecule has 41 heavy (non-hydrogen) atoms. The lowest BCUT2D eigenvalue weighted by Gasteiger charge is -2.43. The summed E-state index contributed by atoms with van der Waals surface area (Å²) in [6.45, 7) is 4.11. The molecule has 194 valence electrons. The molecule has 3 nitrogen and oxygen atoms in total. The van der Waals surface area contributed by atoms with Gasteiger partial charge >= 0.3 is 6.71 Å². The van der Waals surface area contributed by atoms with Gasteiger partial charge in [-0.25, -0.2) is 0 Å². The molecule has 0 saturated heterocycles. The highest BCUT2D eigenvalue weighted by atomic mass is 16.3. The second-order valence-electron chi connectivity index (χ2n) is 11.4. The third-order valence-corrected chi connectivity index (χ3v) is 8.90. The second-order valence-corrected chi connectivity index (χ2v) is 11.4. The Morgan fingerprint density at radius 3 is 2.29 bits per heavy atom. The molecule has 0 amide bonds. The number of anilines is 3. The Hall–Kier alpha value is -4.96. The van der Waals surface area contributed by atoms with Crippen LogP contribution in [-0.2, 0) is 5.41 Å². The minimum absolute atomic E-state index is 0.128. The van der Waals surface area contributed by atoms with Crippen molar-refractivity contribution < 1.29 is 11.3 Å². The first-order valence-electron chi connectivity index (χ1n) is 16.4. The van der Waals surface area contributed by atoms with E-state index < -0.39 is 11.5 Å². The summed E-state index contributed by atoms with van der Waals surface area (Å²) in [5, 5.41) is 1.99. The second kappa shape index (κ2) is 8.05. The molecular weight excluding hydrogens is 499 g/mol. The average Bonchev–Trinajstić information content (AvgIpc) is 3.63. The summed E-state index contributed by atoms with van der Waals surface area (Å²) >= 11 is 0. The van der Waals surface area contributed by atoms with Gasteiger partial charge in [0.15, 0.2) is 0 Å². The Morgan fingerprint density at radius 2 is 1.46 bits per heavy atom. The van der Waals surface area contributed by atoms with Crippen LogP contribution in [0.2, 0.25) is 0 Å². The molecule has 0 radical (unpaired) electrons. The molecule has 5 aromatic carbocycles. The van der Waals surface area contributed by atoms with Crippen LogP contribution in [0.15, 0.2) is 132 Å². The Labute approximate surface area is 246 Å². The van der Waals surface area contributed by atoms with Crippen LogP contribution in [-0.4, -0.2) is 11.3 Å². The Morgan fingerprint density at radius 1 is 0.732 bits per heavy atom. The summed E-state index contributed by atoms with van der Waals surface area (Å²) in [6.07, 6.45) is 0. The van der Waals surface area contributed by atoms with E-state index in [2.05, 4.69) is 54.8 Å². The van der Waals surface area contributed by atoms with Crippen molar-refractivity contribution in [2.75, 3.05) is 4.90 Å². The van der Waals surface area contributed by atoms with Gasteiger partial charge in [0.25, 0.3) is 0 Å². The van der Waals surface area contributed by atoms with Crippen LogP contribution in [0.4, 0.5) is 17.1 Å². The molecular formula is C37H27BN2O. The number of hydrogen-bond donors (Lipinski definition) is 0. The van der Waals surface area contributed by atoms with Crippen molar-refractivity contribution in [2.45, 2.75) is 19.3 Å². The lowest BCUT2D eigenvalue weighted by atomic mass is 9.33. The van der Waals surface area contributed by atoms with Gasteiger partial charge in [-0.3, -0.25) is 0 Å². The zero-order chi connectivity index (χ0) is 31.6. The van der Waals surface area contributed by atoms with Crippen molar-refractivity contribution in [3.05, 3.63) is 138 Å². The van der Waals surface area contributed by atoms with E-state index in [0.29, 0.717) is 0 Å². The Kier molecular flexibility index (Phi) is 3.61. The number of fused-ring (bicyclic) bond motifs is 8. The van der Waals surface area contributed by atoms with Gasteiger partial charge in [0, 0.05) is 44.4 Å². The first-order chi connectivity index (χ1) is 22.2. The van der Waals surface area contributed by atoms with Crippen molar-refractivity contribution in [3.63, 3.8) is 0 Å². The molecule has 0 aliphatic carbocycles. The van der Waals surface area contributed by atoms with Crippen LogP contribution in [0, 0.1) is 0 Å². The maximum absolute atomic E-state index is 9.12. The monoisotopic (exact) mass is 531 g/mol. The summed E-state index contributed by atoms with van der Waals surface area (Å²) in [6, 6.07) is 31.1. The number of hydrogen-bond acceptors (Lipinski definition) is 2. The van der Waals surface area contributed by atoms with Crippen LogP contribution in [0.3, 0.4) is 0 Å². The molecule has 4 heteroatoms. The van der Waals surface area contributed by atoms with Crippen molar-refractivity contribution in [1.29, 1.82) is 0 Å². The van der Waals surface area contributed by atoms with E-state index in [1.54, 1.807) is 0 Å². The number of benzene rings is 5. The highest BCUT2D eigenvalue weighted by Gasteiger charge is 2.51. The van der Waals surface area contributed by atoms with E-state index >= 15 is 0 Å². The van der Waals surface area contributed by atoms with Crippen molar-refractivity contribution in [1.82, 2.24) is 4.57 Å². The lowest BCUT2D eigenvalue weighted by molar-refractivity contribution is 0.607. The van der Waals surface area contributed by atoms with E-state index in [9.17, 15) is 0 Å².